The molecule has 0 saturated carbocycles. The maximum absolute atomic E-state index is 13.0. The maximum atomic E-state index is 13.0. The summed E-state index contributed by atoms with van der Waals surface area (Å²) < 4.78 is 1.79. The molecule has 0 radical (unpaired) electrons. The SMILES string of the molecule is O=C(Cn1ccc2cccnc21)NCc1ccc(CNC(=O)c2ccc3c(c2)C(=O)N(C2CCC(=O)NC2=O)C3=O)cc1. The Hall–Kier alpha value is -5.65. The van der Waals surface area contributed by atoms with Crippen LogP contribution in [0, 0.1) is 0 Å². The van der Waals surface area contributed by atoms with E-state index in [1.165, 1.54) is 18.2 Å². The number of nitrogens with zero attached hydrogens (tertiary/aromatic N) is 3. The highest BCUT2D eigenvalue weighted by Gasteiger charge is 2.44. The van der Waals surface area contributed by atoms with Gasteiger partial charge in [0.15, 0.2) is 0 Å². The Kier molecular flexibility index (Phi) is 7.24. The van der Waals surface area contributed by atoms with Crippen molar-refractivity contribution in [3.05, 3.63) is 101 Å². The van der Waals surface area contributed by atoms with E-state index in [0.717, 1.165) is 27.1 Å². The highest BCUT2D eigenvalue weighted by Crippen LogP contribution is 2.28. The highest BCUT2D eigenvalue weighted by molar-refractivity contribution is 6.24. The summed E-state index contributed by atoms with van der Waals surface area (Å²) in [6.45, 7) is 0.712. The van der Waals surface area contributed by atoms with Crippen molar-refractivity contribution in [1.82, 2.24) is 30.4 Å². The molecule has 2 aromatic heterocycles. The topological polar surface area (TPSA) is 160 Å². The van der Waals surface area contributed by atoms with Gasteiger partial charge in [0.2, 0.25) is 17.7 Å². The van der Waals surface area contributed by atoms with Gasteiger partial charge in [0, 0.05) is 42.9 Å². The Bertz CT molecular complexity index is 1810. The molecular formula is C31H26N6O6. The van der Waals surface area contributed by atoms with Crippen molar-refractivity contribution in [3.63, 3.8) is 0 Å². The molecule has 4 aromatic rings. The maximum Gasteiger partial charge on any atom is 0.262 e. The Labute approximate surface area is 245 Å². The fourth-order valence-electron chi connectivity index (χ4n) is 5.23. The summed E-state index contributed by atoms with van der Waals surface area (Å²) >= 11 is 0. The molecule has 2 aromatic carbocycles. The van der Waals surface area contributed by atoms with E-state index in [1.54, 1.807) is 10.8 Å². The fraction of sp³-hybridized carbons (Fsp3) is 0.194. The molecule has 6 amide bonds. The van der Waals surface area contributed by atoms with Crippen LogP contribution in [0.3, 0.4) is 0 Å². The number of fused-ring (bicyclic) bond motifs is 2. The zero-order valence-electron chi connectivity index (χ0n) is 22.8. The average Bonchev–Trinajstić information content (AvgIpc) is 3.53. The van der Waals surface area contributed by atoms with Gasteiger partial charge in [-0.15, -0.1) is 0 Å². The lowest BCUT2D eigenvalue weighted by Gasteiger charge is -2.27. The molecule has 216 valence electrons. The van der Waals surface area contributed by atoms with Crippen LogP contribution in [-0.2, 0) is 34.0 Å². The molecule has 1 fully saturated rings. The Morgan fingerprint density at radius 2 is 1.60 bits per heavy atom. The molecule has 12 heteroatoms. The minimum atomic E-state index is -1.07. The van der Waals surface area contributed by atoms with E-state index in [2.05, 4.69) is 20.9 Å². The molecule has 3 N–H and O–H groups in total. The number of amides is 6. The third kappa shape index (κ3) is 5.49. The summed E-state index contributed by atoms with van der Waals surface area (Å²) in [5.41, 5.74) is 2.79. The molecule has 0 aliphatic carbocycles. The average molecular weight is 579 g/mol. The van der Waals surface area contributed by atoms with E-state index in [1.807, 2.05) is 48.7 Å². The summed E-state index contributed by atoms with van der Waals surface area (Å²) in [4.78, 5) is 80.1. The molecule has 6 rings (SSSR count). The van der Waals surface area contributed by atoms with Gasteiger partial charge in [0.1, 0.15) is 18.2 Å². The first-order valence-electron chi connectivity index (χ1n) is 13.7. The molecule has 1 unspecified atom stereocenters. The minimum absolute atomic E-state index is 0.0248. The summed E-state index contributed by atoms with van der Waals surface area (Å²) in [5.74, 6) is -3.03. The Morgan fingerprint density at radius 3 is 2.35 bits per heavy atom. The minimum Gasteiger partial charge on any atom is -0.350 e. The molecule has 4 heterocycles. The Balaban J connectivity index is 1.02. The standard InChI is InChI=1S/C31H26N6O6/c38-25-10-9-24(29(41)35-25)37-30(42)22-8-7-21(14-23(22)31(37)43)28(40)34-16-19-5-3-18(4-6-19)15-33-26(39)17-36-13-11-20-2-1-12-32-27(20)36/h1-8,11-14,24H,9-10,15-17H2,(H,33,39)(H,34,40)(H,35,38,41). The first-order chi connectivity index (χ1) is 20.8. The monoisotopic (exact) mass is 578 g/mol. The van der Waals surface area contributed by atoms with Crippen molar-refractivity contribution >= 4 is 46.5 Å². The molecule has 0 spiro atoms. The number of carbonyl (C=O) groups is 6. The van der Waals surface area contributed by atoms with E-state index in [4.69, 9.17) is 0 Å². The highest BCUT2D eigenvalue weighted by atomic mass is 16.2. The number of aromatic nitrogens is 2. The van der Waals surface area contributed by atoms with E-state index in [-0.39, 0.29) is 48.5 Å². The van der Waals surface area contributed by atoms with Crippen molar-refractivity contribution in [3.8, 4) is 0 Å². The second-order valence-electron chi connectivity index (χ2n) is 10.3. The first kappa shape index (κ1) is 27.5. The van der Waals surface area contributed by atoms with Gasteiger partial charge in [0.25, 0.3) is 17.7 Å². The zero-order valence-corrected chi connectivity index (χ0v) is 22.8. The van der Waals surface area contributed by atoms with Crippen LogP contribution in [0.15, 0.2) is 73.1 Å². The zero-order chi connectivity index (χ0) is 30.1. The van der Waals surface area contributed by atoms with Crippen molar-refractivity contribution in [2.45, 2.75) is 38.5 Å². The van der Waals surface area contributed by atoms with E-state index >= 15 is 0 Å². The number of carbonyl (C=O) groups excluding carboxylic acids is 6. The molecule has 0 bridgehead atoms. The van der Waals surface area contributed by atoms with Gasteiger partial charge in [-0.1, -0.05) is 24.3 Å². The van der Waals surface area contributed by atoms with E-state index < -0.39 is 35.6 Å². The first-order valence-corrected chi connectivity index (χ1v) is 13.7. The van der Waals surface area contributed by atoms with Crippen LogP contribution in [0.4, 0.5) is 0 Å². The number of piperidine rings is 1. The molecule has 1 atom stereocenters. The predicted molar refractivity (Wildman–Crippen MR) is 152 cm³/mol. The van der Waals surface area contributed by atoms with Crippen molar-refractivity contribution in [2.75, 3.05) is 0 Å². The van der Waals surface area contributed by atoms with Crippen LogP contribution >= 0.6 is 0 Å². The van der Waals surface area contributed by atoms with Crippen LogP contribution in [0.25, 0.3) is 11.0 Å². The Morgan fingerprint density at radius 1 is 0.884 bits per heavy atom. The summed E-state index contributed by atoms with van der Waals surface area (Å²) in [7, 11) is 0. The molecule has 1 saturated heterocycles. The molecule has 43 heavy (non-hydrogen) atoms. The van der Waals surface area contributed by atoms with Gasteiger partial charge >= 0.3 is 0 Å². The van der Waals surface area contributed by atoms with Crippen molar-refractivity contribution < 1.29 is 28.8 Å². The number of benzene rings is 2. The number of pyridine rings is 1. The molecule has 2 aliphatic heterocycles. The van der Waals surface area contributed by atoms with Crippen LogP contribution < -0.4 is 16.0 Å². The quantitative estimate of drug-likeness (QED) is 0.268. The van der Waals surface area contributed by atoms with Crippen LogP contribution in [-0.4, -0.2) is 55.9 Å². The van der Waals surface area contributed by atoms with Crippen LogP contribution in [0.5, 0.6) is 0 Å². The van der Waals surface area contributed by atoms with Crippen LogP contribution in [0.2, 0.25) is 0 Å². The molecule has 12 nitrogen and oxygen atoms in total. The van der Waals surface area contributed by atoms with Crippen LogP contribution in [0.1, 0.15) is 55.0 Å². The second kappa shape index (κ2) is 11.3. The molecule has 2 aliphatic rings. The third-order valence-corrected chi connectivity index (χ3v) is 7.50. The smallest absolute Gasteiger partial charge is 0.262 e. The van der Waals surface area contributed by atoms with Gasteiger partial charge in [-0.3, -0.25) is 39.0 Å². The lowest BCUT2D eigenvalue weighted by molar-refractivity contribution is -0.136. The molecular weight excluding hydrogens is 552 g/mol. The van der Waals surface area contributed by atoms with Gasteiger partial charge in [-0.2, -0.15) is 0 Å². The summed E-state index contributed by atoms with van der Waals surface area (Å²) in [6, 6.07) is 16.2. The predicted octanol–water partition coefficient (Wildman–Crippen LogP) is 1.68. The lowest BCUT2D eigenvalue weighted by Crippen LogP contribution is -2.54. The fourth-order valence-corrected chi connectivity index (χ4v) is 5.23. The third-order valence-electron chi connectivity index (χ3n) is 7.50. The van der Waals surface area contributed by atoms with Gasteiger partial charge < -0.3 is 15.2 Å². The number of hydrogen-bond donors (Lipinski definition) is 3. The van der Waals surface area contributed by atoms with Gasteiger partial charge in [0.05, 0.1) is 11.1 Å². The van der Waals surface area contributed by atoms with E-state index in [9.17, 15) is 28.8 Å². The van der Waals surface area contributed by atoms with Gasteiger partial charge in [-0.05, 0) is 53.9 Å². The largest absolute Gasteiger partial charge is 0.350 e. The number of rotatable bonds is 8. The summed E-state index contributed by atoms with van der Waals surface area (Å²) in [5, 5.41) is 8.82. The normalized spacial score (nSPS) is 16.3. The van der Waals surface area contributed by atoms with Crippen molar-refractivity contribution in [1.29, 1.82) is 0 Å². The number of imide groups is 2. The number of nitrogens with one attached hydrogen (secondary N) is 3. The second-order valence-corrected chi connectivity index (χ2v) is 10.3. The lowest BCUT2D eigenvalue weighted by atomic mass is 10.0. The summed E-state index contributed by atoms with van der Waals surface area (Å²) in [6.07, 6.45) is 3.60. The van der Waals surface area contributed by atoms with Crippen molar-refractivity contribution in [2.24, 2.45) is 0 Å². The van der Waals surface area contributed by atoms with Gasteiger partial charge in [-0.25, -0.2) is 4.98 Å². The van der Waals surface area contributed by atoms with E-state index in [0.29, 0.717) is 6.54 Å². The number of hydrogen-bond acceptors (Lipinski definition) is 7.